The maximum Gasteiger partial charge on any atom is 0.333 e. The van der Waals surface area contributed by atoms with E-state index in [4.69, 9.17) is 4.74 Å². The lowest BCUT2D eigenvalue weighted by molar-refractivity contribution is -0.158. The Hall–Kier alpha value is -5.49. The number of unbranched alkanes of at least 4 members (excludes halogenated alkanes) is 1. The SMILES string of the molecule is CCCCC(=O)N[C@@H]1C(=O)N[C@H](CC)C(=O)N2CCC[C@H]2C(=O)N(C)[C@@H](Cc2ccc(N(C)C)cc2)C(=O)N2C[C@@H](CSC3CN4CCC3CC4)C(=O)C[C@H]2C(=O)N[C@@H](c2ccccc2)C(=O)O[C@@H]1C. The van der Waals surface area contributed by atoms with Crippen molar-refractivity contribution < 1.29 is 43.1 Å². The van der Waals surface area contributed by atoms with E-state index in [2.05, 4.69) is 20.9 Å². The second-order valence-corrected chi connectivity index (χ2v) is 21.2. The molecule has 380 valence electrons. The number of thioether (sulfide) groups is 1. The van der Waals surface area contributed by atoms with Crippen molar-refractivity contribution in [1.29, 1.82) is 0 Å². The number of ether oxygens (including phenoxy) is 1. The van der Waals surface area contributed by atoms with Crippen molar-refractivity contribution in [1.82, 2.24) is 35.6 Å². The standard InChI is InChI=1S/C52H72N8O9S/c1-7-9-17-44(62)54-45-32(3)69-52(68)46(35-14-11-10-12-15-35)55-47(63)40-28-42(61)36(31-70-43-30-58-25-22-34(43)23-26-58)29-60(40)51(67)41(27-33-18-20-37(21-19-33)56(4)5)57(6)50(66)39-16-13-24-59(39)49(65)38(8-2)53-48(45)64/h10-12,14-15,18-21,32,34,36,38-41,43,45-46H,7-9,13,16-17,22-31H2,1-6H3,(H,53,64)(H,54,62)(H,55,63)/t32-,36+,38-,39+,40+,41+,43?,45+,46+/m1/s1. The summed E-state index contributed by atoms with van der Waals surface area (Å²) in [4.78, 5) is 125. The summed E-state index contributed by atoms with van der Waals surface area (Å²) in [5.74, 6) is -4.26. The number of fused-ring (bicyclic) bond motifs is 5. The van der Waals surface area contributed by atoms with Gasteiger partial charge in [-0.05, 0) is 87.7 Å². The van der Waals surface area contributed by atoms with Crippen LogP contribution in [0.4, 0.5) is 5.69 Å². The number of likely N-dealkylation sites (N-methyl/N-ethyl adjacent to an activating group) is 1. The lowest BCUT2D eigenvalue weighted by atomic mass is 9.88. The number of nitrogens with zero attached hydrogens (tertiary/aromatic N) is 5. The molecule has 17 nitrogen and oxygen atoms in total. The molecule has 8 rings (SSSR count). The summed E-state index contributed by atoms with van der Waals surface area (Å²) in [5, 5.41) is 8.68. The molecule has 6 amide bonds. The molecule has 3 N–H and O–H groups in total. The van der Waals surface area contributed by atoms with Crippen molar-refractivity contribution in [2.75, 3.05) is 64.5 Å². The molecular formula is C52H72N8O9S. The van der Waals surface area contributed by atoms with Crippen LogP contribution in [0.15, 0.2) is 54.6 Å². The summed E-state index contributed by atoms with van der Waals surface area (Å²) >= 11 is 1.75. The fourth-order valence-corrected chi connectivity index (χ4v) is 12.2. The van der Waals surface area contributed by atoms with Crippen LogP contribution >= 0.6 is 11.8 Å². The van der Waals surface area contributed by atoms with E-state index in [-0.39, 0.29) is 44.6 Å². The Kier molecular flexibility index (Phi) is 17.7. The average Bonchev–Trinajstić information content (AvgIpc) is 3.86. The van der Waals surface area contributed by atoms with Crippen LogP contribution in [-0.2, 0) is 49.5 Å². The molecule has 18 heteroatoms. The highest BCUT2D eigenvalue weighted by molar-refractivity contribution is 8.00. The zero-order valence-corrected chi connectivity index (χ0v) is 42.4. The Bertz CT molecular complexity index is 2220. The van der Waals surface area contributed by atoms with E-state index in [9.17, 15) is 28.8 Å². The van der Waals surface area contributed by atoms with E-state index >= 15 is 9.59 Å². The molecule has 2 aromatic carbocycles. The quantitative estimate of drug-likeness (QED) is 0.264. The van der Waals surface area contributed by atoms with E-state index < -0.39 is 89.7 Å². The summed E-state index contributed by atoms with van der Waals surface area (Å²) in [6, 6.07) is 8.44. The van der Waals surface area contributed by atoms with E-state index in [0.29, 0.717) is 48.2 Å². The first kappa shape index (κ1) is 52.3. The number of amides is 6. The van der Waals surface area contributed by atoms with Gasteiger partial charge in [0.2, 0.25) is 35.4 Å². The minimum absolute atomic E-state index is 0.0586. The van der Waals surface area contributed by atoms with Crippen LogP contribution in [-0.4, -0.2) is 168 Å². The minimum atomic E-state index is -1.47. The Balaban J connectivity index is 1.30. The zero-order chi connectivity index (χ0) is 50.2. The van der Waals surface area contributed by atoms with Crippen molar-refractivity contribution in [3.8, 4) is 0 Å². The lowest BCUT2D eigenvalue weighted by Gasteiger charge is -2.45. The highest BCUT2D eigenvalue weighted by Gasteiger charge is 2.48. The van der Waals surface area contributed by atoms with E-state index in [0.717, 1.165) is 43.7 Å². The smallest absolute Gasteiger partial charge is 0.333 e. The summed E-state index contributed by atoms with van der Waals surface area (Å²) in [7, 11) is 5.38. The van der Waals surface area contributed by atoms with Crippen LogP contribution in [0.3, 0.4) is 0 Å². The number of benzene rings is 2. The molecule has 1 unspecified atom stereocenters. The molecule has 0 radical (unpaired) electrons. The molecule has 6 saturated heterocycles. The Morgan fingerprint density at radius 2 is 1.54 bits per heavy atom. The first-order chi connectivity index (χ1) is 33.6. The third kappa shape index (κ3) is 12.2. The second kappa shape index (κ2) is 23.6. The van der Waals surface area contributed by atoms with Gasteiger partial charge in [-0.2, -0.15) is 11.8 Å². The monoisotopic (exact) mass is 985 g/mol. The third-order valence-corrected chi connectivity index (χ3v) is 16.5. The van der Waals surface area contributed by atoms with Gasteiger partial charge in [-0.1, -0.05) is 62.7 Å². The number of hydrogen-bond acceptors (Lipinski definition) is 12. The maximum atomic E-state index is 15.7. The molecule has 9 atom stereocenters. The Morgan fingerprint density at radius 1 is 0.829 bits per heavy atom. The fourth-order valence-electron chi connectivity index (χ4n) is 10.6. The number of anilines is 1. The number of hydrogen-bond donors (Lipinski definition) is 3. The minimum Gasteiger partial charge on any atom is -0.458 e. The summed E-state index contributed by atoms with van der Waals surface area (Å²) in [6.45, 7) is 8.32. The molecule has 6 aliphatic rings. The van der Waals surface area contributed by atoms with Crippen LogP contribution in [0.1, 0.15) is 95.7 Å². The molecule has 0 aromatic heterocycles. The molecule has 0 saturated carbocycles. The molecule has 2 bridgehead atoms. The van der Waals surface area contributed by atoms with Crippen molar-refractivity contribution >= 4 is 64.6 Å². The van der Waals surface area contributed by atoms with Gasteiger partial charge in [0.15, 0.2) is 6.04 Å². The summed E-state index contributed by atoms with van der Waals surface area (Å²) in [6.07, 6.45) is 2.93. The number of rotatable bonds is 12. The number of nitrogens with one attached hydrogen (secondary N) is 3. The largest absolute Gasteiger partial charge is 0.458 e. The van der Waals surface area contributed by atoms with Crippen molar-refractivity contribution in [2.24, 2.45) is 11.8 Å². The van der Waals surface area contributed by atoms with Crippen molar-refractivity contribution in [2.45, 2.75) is 133 Å². The van der Waals surface area contributed by atoms with Crippen LogP contribution in [0, 0.1) is 11.8 Å². The summed E-state index contributed by atoms with van der Waals surface area (Å²) in [5.41, 5.74) is 2.01. The lowest BCUT2D eigenvalue weighted by Crippen LogP contribution is -2.63. The topological polar surface area (TPSA) is 198 Å². The van der Waals surface area contributed by atoms with Gasteiger partial charge in [0.1, 0.15) is 42.1 Å². The number of cyclic esters (lactones) is 1. The van der Waals surface area contributed by atoms with E-state index in [1.165, 1.54) is 21.6 Å². The van der Waals surface area contributed by atoms with Gasteiger partial charge in [0.05, 0.1) is 0 Å². The molecule has 6 aliphatic heterocycles. The number of Topliss-reactive ketones (excluding diaryl/α,β-unsaturated/α-hetero) is 1. The molecule has 0 spiro atoms. The van der Waals surface area contributed by atoms with Gasteiger partial charge in [-0.25, -0.2) is 4.79 Å². The third-order valence-electron chi connectivity index (χ3n) is 14.9. The van der Waals surface area contributed by atoms with Gasteiger partial charge < -0.3 is 45.2 Å². The number of piperidine rings is 4. The maximum absolute atomic E-state index is 15.7. The molecule has 0 aliphatic carbocycles. The fraction of sp³-hybridized carbons (Fsp3) is 0.615. The van der Waals surface area contributed by atoms with Crippen molar-refractivity contribution in [3.05, 3.63) is 65.7 Å². The molecule has 2 aromatic rings. The van der Waals surface area contributed by atoms with Gasteiger partial charge in [0, 0.05) is 82.6 Å². The number of ketones is 1. The number of carbonyl (C=O) groups is 8. The zero-order valence-electron chi connectivity index (χ0n) is 41.6. The second-order valence-electron chi connectivity index (χ2n) is 19.9. The Labute approximate surface area is 416 Å². The van der Waals surface area contributed by atoms with E-state index in [1.54, 1.807) is 56.1 Å². The highest BCUT2D eigenvalue weighted by atomic mass is 32.2. The predicted octanol–water partition coefficient (Wildman–Crippen LogP) is 3.10. The van der Waals surface area contributed by atoms with Gasteiger partial charge >= 0.3 is 5.97 Å². The van der Waals surface area contributed by atoms with Crippen LogP contribution < -0.4 is 20.9 Å². The van der Waals surface area contributed by atoms with Gasteiger partial charge in [-0.15, -0.1) is 0 Å². The summed E-state index contributed by atoms with van der Waals surface area (Å²) < 4.78 is 5.99. The van der Waals surface area contributed by atoms with Crippen LogP contribution in [0.2, 0.25) is 0 Å². The predicted molar refractivity (Wildman–Crippen MR) is 266 cm³/mol. The van der Waals surface area contributed by atoms with Gasteiger partial charge in [0.25, 0.3) is 0 Å². The highest BCUT2D eigenvalue weighted by Crippen LogP contribution is 2.37. The van der Waals surface area contributed by atoms with Crippen molar-refractivity contribution in [3.63, 3.8) is 0 Å². The van der Waals surface area contributed by atoms with Crippen LogP contribution in [0.5, 0.6) is 0 Å². The van der Waals surface area contributed by atoms with Gasteiger partial charge in [-0.3, -0.25) is 33.6 Å². The molecule has 70 heavy (non-hydrogen) atoms. The normalized spacial score (nSPS) is 30.3. The Morgan fingerprint density at radius 3 is 2.19 bits per heavy atom. The molecular weight excluding hydrogens is 913 g/mol. The number of carbonyl (C=O) groups excluding carboxylic acids is 8. The first-order valence-corrected chi connectivity index (χ1v) is 26.3. The van der Waals surface area contributed by atoms with E-state index in [1.807, 2.05) is 50.2 Å². The average molecular weight is 985 g/mol. The molecule has 6 fully saturated rings. The number of esters is 1. The van der Waals surface area contributed by atoms with Crippen LogP contribution in [0.25, 0.3) is 0 Å². The first-order valence-electron chi connectivity index (χ1n) is 25.2. The molecule has 6 heterocycles.